The van der Waals surface area contributed by atoms with Crippen LogP contribution in [0.1, 0.15) is 42.8 Å². The summed E-state index contributed by atoms with van der Waals surface area (Å²) in [6.07, 6.45) is 0. The number of ether oxygens (including phenoxy) is 1. The number of rotatable bonds is 3. The third kappa shape index (κ3) is 2.67. The molecule has 19 heavy (non-hydrogen) atoms. The van der Waals surface area contributed by atoms with Crippen LogP contribution in [-0.4, -0.2) is 12.6 Å². The van der Waals surface area contributed by atoms with E-state index in [4.69, 9.17) is 9.15 Å². The Kier molecular flexibility index (Phi) is 3.69. The lowest BCUT2D eigenvalue weighted by molar-refractivity contribution is 0.0490. The average molecular weight is 260 g/mol. The first-order valence-corrected chi connectivity index (χ1v) is 6.28. The van der Waals surface area contributed by atoms with Crippen LogP contribution >= 0.6 is 0 Å². The van der Waals surface area contributed by atoms with E-state index in [0.29, 0.717) is 16.9 Å². The maximum atomic E-state index is 12.0. The molecule has 2 aromatic rings. The molecular weight excluding hydrogens is 244 g/mol. The van der Waals surface area contributed by atoms with Crippen molar-refractivity contribution in [3.63, 3.8) is 0 Å². The second-order valence-electron chi connectivity index (χ2n) is 4.61. The molecule has 0 spiro atoms. The first kappa shape index (κ1) is 13.3. The average Bonchev–Trinajstić information content (AvgIpc) is 2.38. The summed E-state index contributed by atoms with van der Waals surface area (Å²) in [5, 5.41) is 0.485. The SMILES string of the molecule is CCOC(=O)c1cc(=O)c2cc(C(C)C)ccc2o1. The van der Waals surface area contributed by atoms with E-state index in [-0.39, 0.29) is 17.8 Å². The van der Waals surface area contributed by atoms with Gasteiger partial charge >= 0.3 is 5.97 Å². The first-order chi connectivity index (χ1) is 9.02. The summed E-state index contributed by atoms with van der Waals surface area (Å²) in [5.41, 5.74) is 1.23. The molecule has 0 atom stereocenters. The molecule has 0 saturated heterocycles. The van der Waals surface area contributed by atoms with Gasteiger partial charge in [0.25, 0.3) is 0 Å². The third-order valence-electron chi connectivity index (χ3n) is 2.89. The van der Waals surface area contributed by atoms with Gasteiger partial charge in [0.1, 0.15) is 5.58 Å². The van der Waals surface area contributed by atoms with Gasteiger partial charge in [-0.05, 0) is 30.5 Å². The second-order valence-corrected chi connectivity index (χ2v) is 4.61. The van der Waals surface area contributed by atoms with Gasteiger partial charge in [-0.3, -0.25) is 4.79 Å². The van der Waals surface area contributed by atoms with E-state index in [2.05, 4.69) is 13.8 Å². The van der Waals surface area contributed by atoms with Gasteiger partial charge in [0.05, 0.1) is 12.0 Å². The first-order valence-electron chi connectivity index (χ1n) is 6.28. The number of benzene rings is 1. The molecule has 0 saturated carbocycles. The largest absolute Gasteiger partial charge is 0.460 e. The van der Waals surface area contributed by atoms with Crippen LogP contribution in [-0.2, 0) is 4.74 Å². The van der Waals surface area contributed by atoms with Gasteiger partial charge < -0.3 is 9.15 Å². The van der Waals surface area contributed by atoms with Crippen molar-refractivity contribution in [2.75, 3.05) is 6.61 Å². The van der Waals surface area contributed by atoms with Gasteiger partial charge in [0.2, 0.25) is 5.76 Å². The van der Waals surface area contributed by atoms with Crippen LogP contribution in [0.5, 0.6) is 0 Å². The van der Waals surface area contributed by atoms with E-state index in [1.165, 1.54) is 6.07 Å². The summed E-state index contributed by atoms with van der Waals surface area (Å²) in [6, 6.07) is 6.60. The number of hydrogen-bond acceptors (Lipinski definition) is 4. The smallest absolute Gasteiger partial charge is 0.374 e. The maximum Gasteiger partial charge on any atom is 0.374 e. The zero-order valence-corrected chi connectivity index (χ0v) is 11.2. The lowest BCUT2D eigenvalue weighted by Crippen LogP contribution is -2.10. The summed E-state index contributed by atoms with van der Waals surface area (Å²) in [5.74, 6) is -0.348. The highest BCUT2D eigenvalue weighted by atomic mass is 16.5. The molecule has 0 aliphatic rings. The Bertz CT molecular complexity index is 667. The minimum Gasteiger partial charge on any atom is -0.460 e. The topological polar surface area (TPSA) is 56.5 Å². The third-order valence-corrected chi connectivity index (χ3v) is 2.89. The summed E-state index contributed by atoms with van der Waals surface area (Å²) in [4.78, 5) is 23.6. The highest BCUT2D eigenvalue weighted by molar-refractivity contribution is 5.89. The number of carbonyl (C=O) groups is 1. The maximum absolute atomic E-state index is 12.0. The predicted octanol–water partition coefficient (Wildman–Crippen LogP) is 3.09. The molecular formula is C15H16O4. The van der Waals surface area contributed by atoms with Crippen molar-refractivity contribution in [2.45, 2.75) is 26.7 Å². The Morgan fingerprint density at radius 3 is 2.68 bits per heavy atom. The zero-order chi connectivity index (χ0) is 14.0. The fourth-order valence-electron chi connectivity index (χ4n) is 1.84. The Hall–Kier alpha value is -2.10. The zero-order valence-electron chi connectivity index (χ0n) is 11.2. The summed E-state index contributed by atoms with van der Waals surface area (Å²) < 4.78 is 10.2. The van der Waals surface area contributed by atoms with Crippen LogP contribution < -0.4 is 5.43 Å². The van der Waals surface area contributed by atoms with Gasteiger partial charge in [-0.15, -0.1) is 0 Å². The molecule has 2 rings (SSSR count). The number of hydrogen-bond donors (Lipinski definition) is 0. The van der Waals surface area contributed by atoms with E-state index < -0.39 is 5.97 Å². The number of fused-ring (bicyclic) bond motifs is 1. The Balaban J connectivity index is 2.56. The summed E-state index contributed by atoms with van der Waals surface area (Å²) in [7, 11) is 0. The van der Waals surface area contributed by atoms with Gasteiger partial charge in [-0.1, -0.05) is 19.9 Å². The van der Waals surface area contributed by atoms with Crippen molar-refractivity contribution in [1.29, 1.82) is 0 Å². The standard InChI is InChI=1S/C15H16O4/c1-4-18-15(17)14-8-12(16)11-7-10(9(2)3)5-6-13(11)19-14/h5-9H,4H2,1-3H3. The molecule has 0 fully saturated rings. The monoisotopic (exact) mass is 260 g/mol. The molecule has 1 aromatic heterocycles. The predicted molar refractivity (Wildman–Crippen MR) is 72.5 cm³/mol. The van der Waals surface area contributed by atoms with Crippen LogP contribution in [0.25, 0.3) is 11.0 Å². The molecule has 0 aliphatic carbocycles. The quantitative estimate of drug-likeness (QED) is 0.796. The van der Waals surface area contributed by atoms with Crippen LogP contribution in [0.3, 0.4) is 0 Å². The minimum atomic E-state index is -0.616. The molecule has 0 unspecified atom stereocenters. The summed E-state index contributed by atoms with van der Waals surface area (Å²) >= 11 is 0. The van der Waals surface area contributed by atoms with Gasteiger partial charge in [0.15, 0.2) is 5.43 Å². The van der Waals surface area contributed by atoms with E-state index in [9.17, 15) is 9.59 Å². The molecule has 1 aromatic carbocycles. The number of carbonyl (C=O) groups excluding carboxylic acids is 1. The fraction of sp³-hybridized carbons (Fsp3) is 0.333. The lowest BCUT2D eigenvalue weighted by Gasteiger charge is -2.07. The van der Waals surface area contributed by atoms with Gasteiger partial charge in [-0.25, -0.2) is 4.79 Å². The van der Waals surface area contributed by atoms with Crippen molar-refractivity contribution in [3.05, 3.63) is 45.8 Å². The van der Waals surface area contributed by atoms with Crippen LogP contribution in [0.15, 0.2) is 33.5 Å². The number of esters is 1. The van der Waals surface area contributed by atoms with Crippen LogP contribution in [0.4, 0.5) is 0 Å². The molecule has 100 valence electrons. The van der Waals surface area contributed by atoms with Crippen LogP contribution in [0.2, 0.25) is 0 Å². The highest BCUT2D eigenvalue weighted by Crippen LogP contribution is 2.20. The minimum absolute atomic E-state index is 0.0587. The van der Waals surface area contributed by atoms with Crippen molar-refractivity contribution >= 4 is 16.9 Å². The molecule has 0 aliphatic heterocycles. The van der Waals surface area contributed by atoms with Crippen molar-refractivity contribution in [2.24, 2.45) is 0 Å². The molecule has 1 heterocycles. The van der Waals surface area contributed by atoms with E-state index in [0.717, 1.165) is 5.56 Å². The van der Waals surface area contributed by atoms with Crippen molar-refractivity contribution in [1.82, 2.24) is 0 Å². The molecule has 4 heteroatoms. The van der Waals surface area contributed by atoms with Gasteiger partial charge in [0, 0.05) is 6.07 Å². The Labute approximate surface area is 111 Å². The van der Waals surface area contributed by atoms with Crippen molar-refractivity contribution in [3.8, 4) is 0 Å². The second kappa shape index (κ2) is 5.26. The van der Waals surface area contributed by atoms with E-state index >= 15 is 0 Å². The highest BCUT2D eigenvalue weighted by Gasteiger charge is 2.13. The fourth-order valence-corrected chi connectivity index (χ4v) is 1.84. The van der Waals surface area contributed by atoms with E-state index in [1.54, 1.807) is 19.1 Å². The van der Waals surface area contributed by atoms with Crippen LogP contribution in [0, 0.1) is 0 Å². The molecule has 0 radical (unpaired) electrons. The molecule has 4 nitrogen and oxygen atoms in total. The Morgan fingerprint density at radius 1 is 1.32 bits per heavy atom. The van der Waals surface area contributed by atoms with Gasteiger partial charge in [-0.2, -0.15) is 0 Å². The molecule has 0 amide bonds. The normalized spacial score (nSPS) is 10.9. The van der Waals surface area contributed by atoms with Crippen molar-refractivity contribution < 1.29 is 13.9 Å². The molecule has 0 N–H and O–H groups in total. The van der Waals surface area contributed by atoms with E-state index in [1.807, 2.05) is 6.07 Å². The Morgan fingerprint density at radius 2 is 2.05 bits per heavy atom. The molecule has 0 bridgehead atoms. The lowest BCUT2D eigenvalue weighted by atomic mass is 10.0. The summed E-state index contributed by atoms with van der Waals surface area (Å²) in [6.45, 7) is 6.05.